The summed E-state index contributed by atoms with van der Waals surface area (Å²) in [5.41, 5.74) is 3.37. The van der Waals surface area contributed by atoms with Crippen LogP contribution in [0.1, 0.15) is 42.6 Å². The van der Waals surface area contributed by atoms with Crippen molar-refractivity contribution in [2.45, 2.75) is 45.1 Å². The van der Waals surface area contributed by atoms with Crippen molar-refractivity contribution in [1.82, 2.24) is 15.1 Å². The van der Waals surface area contributed by atoms with Gasteiger partial charge in [0.25, 0.3) is 0 Å². The molecule has 1 aromatic carbocycles. The van der Waals surface area contributed by atoms with Crippen LogP contribution in [-0.4, -0.2) is 32.9 Å². The first-order valence-electron chi connectivity index (χ1n) is 8.77. The summed E-state index contributed by atoms with van der Waals surface area (Å²) in [5, 5.41) is 17.2. The largest absolute Gasteiger partial charge is 0.394 e. The van der Waals surface area contributed by atoms with Crippen molar-refractivity contribution < 1.29 is 9.90 Å². The number of carbonyl (C=O) groups is 1. The fraction of sp³-hybridized carbons (Fsp3) is 0.400. The van der Waals surface area contributed by atoms with Crippen LogP contribution in [0.4, 0.5) is 0 Å². The van der Waals surface area contributed by atoms with Gasteiger partial charge in [0, 0.05) is 17.3 Å². The first kappa shape index (κ1) is 17.4. The number of rotatable bonds is 5. The van der Waals surface area contributed by atoms with Crippen molar-refractivity contribution in [3.05, 3.63) is 53.4 Å². The van der Waals surface area contributed by atoms with E-state index in [1.165, 1.54) is 0 Å². The Labute approximate surface area is 148 Å². The van der Waals surface area contributed by atoms with Crippen LogP contribution in [0, 0.1) is 13.8 Å². The number of hydrogen-bond donors (Lipinski definition) is 2. The minimum absolute atomic E-state index is 0.00340. The number of nitrogens with zero attached hydrogens (tertiary/aromatic N) is 2. The predicted octanol–water partition coefficient (Wildman–Crippen LogP) is 2.92. The molecule has 0 atom stereocenters. The molecule has 132 valence electrons. The summed E-state index contributed by atoms with van der Waals surface area (Å²) in [6.07, 6.45) is 7.13. The van der Waals surface area contributed by atoms with E-state index in [4.69, 9.17) is 0 Å². The monoisotopic (exact) mass is 339 g/mol. The third-order valence-corrected chi connectivity index (χ3v) is 5.00. The van der Waals surface area contributed by atoms with Crippen LogP contribution >= 0.6 is 0 Å². The van der Waals surface area contributed by atoms with Gasteiger partial charge in [0.15, 0.2) is 0 Å². The Balaban J connectivity index is 1.77. The van der Waals surface area contributed by atoms with Crippen LogP contribution in [-0.2, 0) is 4.79 Å². The van der Waals surface area contributed by atoms with Gasteiger partial charge in [0.2, 0.25) is 5.91 Å². The van der Waals surface area contributed by atoms with Crippen molar-refractivity contribution in [3.63, 3.8) is 0 Å². The van der Waals surface area contributed by atoms with E-state index in [-0.39, 0.29) is 12.5 Å². The number of aliphatic hydroxyl groups is 1. The van der Waals surface area contributed by atoms with Gasteiger partial charge in [0.1, 0.15) is 0 Å². The smallest absolute Gasteiger partial charge is 0.244 e. The molecular formula is C20H25N3O2. The van der Waals surface area contributed by atoms with Crippen LogP contribution in [0.5, 0.6) is 0 Å². The second-order valence-corrected chi connectivity index (χ2v) is 6.80. The van der Waals surface area contributed by atoms with Gasteiger partial charge in [-0.15, -0.1) is 0 Å². The lowest BCUT2D eigenvalue weighted by atomic mass is 9.99. The zero-order valence-corrected chi connectivity index (χ0v) is 14.8. The van der Waals surface area contributed by atoms with E-state index in [0.29, 0.717) is 0 Å². The zero-order chi connectivity index (χ0) is 17.9. The summed E-state index contributed by atoms with van der Waals surface area (Å²) < 4.78 is 1.89. The number of amides is 1. The highest BCUT2D eigenvalue weighted by molar-refractivity contribution is 5.92. The molecule has 0 spiro atoms. The molecule has 0 saturated heterocycles. The molecule has 1 fully saturated rings. The van der Waals surface area contributed by atoms with Gasteiger partial charge in [-0.2, -0.15) is 5.10 Å². The number of carbonyl (C=O) groups excluding carboxylic acids is 1. The lowest BCUT2D eigenvalue weighted by Gasteiger charge is -2.27. The molecule has 1 amide bonds. The fourth-order valence-electron chi connectivity index (χ4n) is 3.55. The molecule has 2 N–H and O–H groups in total. The Morgan fingerprint density at radius 2 is 1.96 bits per heavy atom. The summed E-state index contributed by atoms with van der Waals surface area (Å²) in [4.78, 5) is 12.3. The van der Waals surface area contributed by atoms with Crippen molar-refractivity contribution in [2.75, 3.05) is 6.61 Å². The first-order chi connectivity index (χ1) is 12.0. The van der Waals surface area contributed by atoms with Crippen molar-refractivity contribution in [1.29, 1.82) is 0 Å². The van der Waals surface area contributed by atoms with E-state index in [1.807, 2.05) is 54.9 Å². The minimum atomic E-state index is -0.445. The zero-order valence-electron chi connectivity index (χ0n) is 14.8. The summed E-state index contributed by atoms with van der Waals surface area (Å²) >= 11 is 0. The molecule has 0 radical (unpaired) electrons. The van der Waals surface area contributed by atoms with Gasteiger partial charge in [-0.3, -0.25) is 4.79 Å². The second kappa shape index (κ2) is 7.23. The highest BCUT2D eigenvalue weighted by Crippen LogP contribution is 2.29. The van der Waals surface area contributed by atoms with E-state index in [0.717, 1.165) is 48.3 Å². The molecule has 5 nitrogen and oxygen atoms in total. The maximum Gasteiger partial charge on any atom is 0.244 e. The maximum absolute atomic E-state index is 12.3. The van der Waals surface area contributed by atoms with E-state index < -0.39 is 5.54 Å². The van der Waals surface area contributed by atoms with Gasteiger partial charge in [0.05, 0.1) is 23.5 Å². The molecule has 2 aromatic rings. The SMILES string of the molecule is Cc1nn(-c2ccccc2)c(C)c1/C=C/C(=O)NC1(CO)CCCC1. The molecule has 5 heteroatoms. The standard InChI is InChI=1S/C20H25N3O2/c1-15-18(16(2)23(22-15)17-8-4-3-5-9-17)10-11-19(25)21-20(14-24)12-6-7-13-20/h3-5,8-11,24H,6-7,12-14H2,1-2H3,(H,21,25)/b11-10+. The lowest BCUT2D eigenvalue weighted by Crippen LogP contribution is -2.48. The minimum Gasteiger partial charge on any atom is -0.394 e. The predicted molar refractivity (Wildman–Crippen MR) is 98.5 cm³/mol. The Morgan fingerprint density at radius 3 is 2.60 bits per heavy atom. The quantitative estimate of drug-likeness (QED) is 0.823. The Morgan fingerprint density at radius 1 is 1.28 bits per heavy atom. The molecular weight excluding hydrogens is 314 g/mol. The van der Waals surface area contributed by atoms with E-state index in [1.54, 1.807) is 6.08 Å². The van der Waals surface area contributed by atoms with Crippen LogP contribution in [0.25, 0.3) is 11.8 Å². The number of para-hydroxylation sites is 1. The van der Waals surface area contributed by atoms with Crippen LogP contribution in [0.2, 0.25) is 0 Å². The Bertz CT molecular complexity index is 772. The number of benzene rings is 1. The molecule has 0 aliphatic heterocycles. The molecule has 25 heavy (non-hydrogen) atoms. The molecule has 1 saturated carbocycles. The second-order valence-electron chi connectivity index (χ2n) is 6.80. The summed E-state index contributed by atoms with van der Waals surface area (Å²) in [6.45, 7) is 3.93. The van der Waals surface area contributed by atoms with E-state index in [2.05, 4.69) is 10.4 Å². The van der Waals surface area contributed by atoms with Gasteiger partial charge in [-0.1, -0.05) is 31.0 Å². The molecule has 0 bridgehead atoms. The van der Waals surface area contributed by atoms with Crippen molar-refractivity contribution in [3.8, 4) is 5.69 Å². The highest BCUT2D eigenvalue weighted by Gasteiger charge is 2.34. The average Bonchev–Trinajstić information content (AvgIpc) is 3.19. The fourth-order valence-corrected chi connectivity index (χ4v) is 3.55. The van der Waals surface area contributed by atoms with Crippen LogP contribution in [0.3, 0.4) is 0 Å². The highest BCUT2D eigenvalue weighted by atomic mass is 16.3. The molecule has 1 aliphatic rings. The summed E-state index contributed by atoms with van der Waals surface area (Å²) in [6, 6.07) is 9.94. The van der Waals surface area contributed by atoms with Gasteiger partial charge >= 0.3 is 0 Å². The Hall–Kier alpha value is -2.40. The van der Waals surface area contributed by atoms with E-state index in [9.17, 15) is 9.90 Å². The number of nitrogens with one attached hydrogen (secondary N) is 1. The lowest BCUT2D eigenvalue weighted by molar-refractivity contribution is -0.118. The Kier molecular flexibility index (Phi) is 5.04. The number of aromatic nitrogens is 2. The van der Waals surface area contributed by atoms with Crippen LogP contribution < -0.4 is 5.32 Å². The molecule has 3 rings (SSSR count). The third-order valence-electron chi connectivity index (χ3n) is 5.00. The van der Waals surface area contributed by atoms with Crippen molar-refractivity contribution in [2.24, 2.45) is 0 Å². The maximum atomic E-state index is 12.3. The number of aliphatic hydroxyl groups excluding tert-OH is 1. The molecule has 1 aromatic heterocycles. The van der Waals surface area contributed by atoms with Gasteiger partial charge in [-0.25, -0.2) is 4.68 Å². The number of aryl methyl sites for hydroxylation is 1. The summed E-state index contributed by atoms with van der Waals surface area (Å²) in [7, 11) is 0. The van der Waals surface area contributed by atoms with Crippen molar-refractivity contribution >= 4 is 12.0 Å². The van der Waals surface area contributed by atoms with Crippen LogP contribution in [0.15, 0.2) is 36.4 Å². The normalized spacial score (nSPS) is 16.4. The third kappa shape index (κ3) is 3.66. The van der Waals surface area contributed by atoms with E-state index >= 15 is 0 Å². The average molecular weight is 339 g/mol. The molecule has 1 aliphatic carbocycles. The molecule has 1 heterocycles. The topological polar surface area (TPSA) is 67.2 Å². The molecule has 0 unspecified atom stereocenters. The van der Waals surface area contributed by atoms with Gasteiger partial charge in [-0.05, 0) is 44.9 Å². The van der Waals surface area contributed by atoms with Gasteiger partial charge < -0.3 is 10.4 Å². The summed E-state index contributed by atoms with van der Waals surface area (Å²) in [5.74, 6) is -0.165. The first-order valence-corrected chi connectivity index (χ1v) is 8.77. The number of hydrogen-bond acceptors (Lipinski definition) is 3.